The predicted octanol–water partition coefficient (Wildman–Crippen LogP) is 1.99. The molecule has 1 aromatic rings. The molecule has 0 radical (unpaired) electrons. The summed E-state index contributed by atoms with van der Waals surface area (Å²) in [6.07, 6.45) is 1.91. The van der Waals surface area contributed by atoms with E-state index in [-0.39, 0.29) is 5.91 Å². The summed E-state index contributed by atoms with van der Waals surface area (Å²) >= 11 is 9.64. The van der Waals surface area contributed by atoms with Crippen molar-refractivity contribution in [3.8, 4) is 0 Å². The van der Waals surface area contributed by atoms with Gasteiger partial charge >= 0.3 is 0 Å². The van der Waals surface area contributed by atoms with Gasteiger partial charge in [0.05, 0.1) is 0 Å². The molecule has 0 fully saturated rings. The van der Waals surface area contributed by atoms with Crippen LogP contribution in [0.1, 0.15) is 6.42 Å². The van der Waals surface area contributed by atoms with Crippen molar-refractivity contribution in [2.45, 2.75) is 6.42 Å². The number of hydrogen-bond acceptors (Lipinski definition) is 3. The fourth-order valence-corrected chi connectivity index (χ4v) is 1.14. The molecule has 0 unspecified atom stereocenters. The smallest absolute Gasteiger partial charge is 0.226 e. The molecule has 70 valence electrons. The average Bonchev–Trinajstić information content (AvgIpc) is 2.04. The van der Waals surface area contributed by atoms with Gasteiger partial charge in [-0.25, -0.2) is 4.98 Å². The largest absolute Gasteiger partial charge is 0.311 e. The van der Waals surface area contributed by atoms with Gasteiger partial charge in [0.1, 0.15) is 5.82 Å². The monoisotopic (exact) mass is 216 g/mol. The van der Waals surface area contributed by atoms with Gasteiger partial charge in [-0.3, -0.25) is 4.79 Å². The Bertz CT molecular complexity index is 306. The van der Waals surface area contributed by atoms with Gasteiger partial charge < -0.3 is 5.32 Å². The minimum absolute atomic E-state index is 0.107. The van der Waals surface area contributed by atoms with E-state index in [0.717, 1.165) is 0 Å². The van der Waals surface area contributed by atoms with Crippen LogP contribution in [0, 0.1) is 0 Å². The number of amides is 1. The third-order valence-electron chi connectivity index (χ3n) is 1.33. The molecule has 1 N–H and O–H groups in total. The van der Waals surface area contributed by atoms with Gasteiger partial charge in [0.25, 0.3) is 0 Å². The van der Waals surface area contributed by atoms with Crippen LogP contribution in [0.15, 0.2) is 18.3 Å². The zero-order chi connectivity index (χ0) is 9.68. The highest BCUT2D eigenvalue weighted by molar-refractivity contribution is 7.80. The van der Waals surface area contributed by atoms with Crippen LogP contribution in [0.4, 0.5) is 5.82 Å². The van der Waals surface area contributed by atoms with E-state index in [2.05, 4.69) is 22.9 Å². The Balaban J connectivity index is 2.58. The summed E-state index contributed by atoms with van der Waals surface area (Å²) in [6.45, 7) is 0. The van der Waals surface area contributed by atoms with E-state index >= 15 is 0 Å². The molecule has 0 saturated carbocycles. The molecule has 0 spiro atoms. The van der Waals surface area contributed by atoms with Gasteiger partial charge in [-0.05, 0) is 17.9 Å². The van der Waals surface area contributed by atoms with Crippen LogP contribution in [0.25, 0.3) is 0 Å². The number of carbonyl (C=O) groups is 1. The van der Waals surface area contributed by atoms with Gasteiger partial charge in [-0.15, -0.1) is 0 Å². The summed E-state index contributed by atoms with van der Waals surface area (Å²) in [6, 6.07) is 3.24. The van der Waals surface area contributed by atoms with Crippen molar-refractivity contribution in [2.75, 3.05) is 11.1 Å². The number of thiol groups is 1. The molecular formula is C8H9ClN2OS. The lowest BCUT2D eigenvalue weighted by Crippen LogP contribution is -2.12. The molecule has 1 heterocycles. The molecule has 0 aliphatic heterocycles. The first-order valence-electron chi connectivity index (χ1n) is 3.74. The van der Waals surface area contributed by atoms with Crippen molar-refractivity contribution in [1.29, 1.82) is 0 Å². The van der Waals surface area contributed by atoms with Crippen molar-refractivity contribution in [2.24, 2.45) is 0 Å². The first-order valence-corrected chi connectivity index (χ1v) is 4.75. The first kappa shape index (κ1) is 10.3. The number of hydrogen-bond donors (Lipinski definition) is 2. The SMILES string of the molecule is O=C(CCS)Nc1cc(Cl)ccn1. The Hall–Kier alpha value is -0.740. The maximum Gasteiger partial charge on any atom is 0.226 e. The standard InChI is InChI=1S/C8H9ClN2OS/c9-6-1-3-10-7(5-6)11-8(12)2-4-13/h1,3,5,13H,2,4H2,(H,10,11,12). The van der Waals surface area contributed by atoms with Crippen LogP contribution in [0.5, 0.6) is 0 Å². The maximum absolute atomic E-state index is 11.1. The van der Waals surface area contributed by atoms with Crippen LogP contribution in [0.3, 0.4) is 0 Å². The molecule has 0 aliphatic rings. The molecule has 0 aliphatic carbocycles. The summed E-state index contributed by atoms with van der Waals surface area (Å²) in [4.78, 5) is 15.0. The van der Waals surface area contributed by atoms with E-state index in [4.69, 9.17) is 11.6 Å². The third kappa shape index (κ3) is 3.65. The Morgan fingerprint density at radius 1 is 1.69 bits per heavy atom. The number of nitrogens with one attached hydrogen (secondary N) is 1. The number of nitrogens with zero attached hydrogens (tertiary/aromatic N) is 1. The van der Waals surface area contributed by atoms with Crippen LogP contribution in [-0.4, -0.2) is 16.6 Å². The second kappa shape index (κ2) is 5.09. The Labute approximate surface area is 86.9 Å². The Morgan fingerprint density at radius 2 is 2.46 bits per heavy atom. The van der Waals surface area contributed by atoms with E-state index in [1.165, 1.54) is 0 Å². The lowest BCUT2D eigenvalue weighted by Gasteiger charge is -2.02. The molecular weight excluding hydrogens is 208 g/mol. The molecule has 0 saturated heterocycles. The van der Waals surface area contributed by atoms with E-state index in [1.807, 2.05) is 0 Å². The molecule has 1 amide bonds. The number of rotatable bonds is 3. The summed E-state index contributed by atoms with van der Waals surface area (Å²) in [5.74, 6) is 0.885. The zero-order valence-electron chi connectivity index (χ0n) is 6.83. The average molecular weight is 217 g/mol. The molecule has 5 heteroatoms. The second-order valence-corrected chi connectivity index (χ2v) is 3.26. The minimum Gasteiger partial charge on any atom is -0.311 e. The predicted molar refractivity (Wildman–Crippen MR) is 56.3 cm³/mol. The van der Waals surface area contributed by atoms with Crippen LogP contribution < -0.4 is 5.32 Å². The normalized spacial score (nSPS) is 9.69. The van der Waals surface area contributed by atoms with Gasteiger partial charge in [0, 0.05) is 17.6 Å². The first-order chi connectivity index (χ1) is 6.22. The number of anilines is 1. The fraction of sp³-hybridized carbons (Fsp3) is 0.250. The summed E-state index contributed by atoms with van der Waals surface area (Å²) in [5.41, 5.74) is 0. The zero-order valence-corrected chi connectivity index (χ0v) is 8.48. The molecule has 0 atom stereocenters. The van der Waals surface area contributed by atoms with Gasteiger partial charge in [-0.2, -0.15) is 12.6 Å². The van der Waals surface area contributed by atoms with Crippen LogP contribution in [-0.2, 0) is 4.79 Å². The molecule has 0 bridgehead atoms. The minimum atomic E-state index is -0.107. The Kier molecular flexibility index (Phi) is 4.05. The molecule has 13 heavy (non-hydrogen) atoms. The lowest BCUT2D eigenvalue weighted by atomic mass is 10.4. The highest BCUT2D eigenvalue weighted by Gasteiger charge is 2.01. The summed E-state index contributed by atoms with van der Waals surface area (Å²) < 4.78 is 0. The van der Waals surface area contributed by atoms with Gasteiger partial charge in [0.2, 0.25) is 5.91 Å². The molecule has 1 aromatic heterocycles. The highest BCUT2D eigenvalue weighted by atomic mass is 35.5. The summed E-state index contributed by atoms with van der Waals surface area (Å²) in [5, 5.41) is 3.15. The molecule has 3 nitrogen and oxygen atoms in total. The van der Waals surface area contributed by atoms with Crippen molar-refractivity contribution in [3.05, 3.63) is 23.4 Å². The Morgan fingerprint density at radius 3 is 3.08 bits per heavy atom. The highest BCUT2D eigenvalue weighted by Crippen LogP contribution is 2.11. The number of carbonyl (C=O) groups excluding carboxylic acids is 1. The van der Waals surface area contributed by atoms with Gasteiger partial charge in [-0.1, -0.05) is 11.6 Å². The van der Waals surface area contributed by atoms with Crippen molar-refractivity contribution in [3.63, 3.8) is 0 Å². The van der Waals surface area contributed by atoms with Crippen molar-refractivity contribution >= 4 is 36.0 Å². The maximum atomic E-state index is 11.1. The van der Waals surface area contributed by atoms with E-state index in [1.54, 1.807) is 18.3 Å². The fourth-order valence-electron chi connectivity index (χ4n) is 0.780. The van der Waals surface area contributed by atoms with Crippen molar-refractivity contribution < 1.29 is 4.79 Å². The van der Waals surface area contributed by atoms with Gasteiger partial charge in [0.15, 0.2) is 0 Å². The number of halogens is 1. The third-order valence-corrected chi connectivity index (χ3v) is 1.79. The summed E-state index contributed by atoms with van der Waals surface area (Å²) in [7, 11) is 0. The van der Waals surface area contributed by atoms with E-state index in [0.29, 0.717) is 23.0 Å². The lowest BCUT2D eigenvalue weighted by molar-refractivity contribution is -0.115. The van der Waals surface area contributed by atoms with Crippen LogP contribution >= 0.6 is 24.2 Å². The molecule has 0 aromatic carbocycles. The number of pyridine rings is 1. The quantitative estimate of drug-likeness (QED) is 0.759. The van der Waals surface area contributed by atoms with E-state index < -0.39 is 0 Å². The van der Waals surface area contributed by atoms with Crippen LogP contribution in [0.2, 0.25) is 5.02 Å². The van der Waals surface area contributed by atoms with Crippen molar-refractivity contribution in [1.82, 2.24) is 4.98 Å². The topological polar surface area (TPSA) is 42.0 Å². The second-order valence-electron chi connectivity index (χ2n) is 2.38. The molecule has 1 rings (SSSR count). The number of aromatic nitrogens is 1. The van der Waals surface area contributed by atoms with E-state index in [9.17, 15) is 4.79 Å².